The number of ether oxygens (including phenoxy) is 2. The molecule has 5 heteroatoms. The third kappa shape index (κ3) is 4.62. The number of hydrogen-bond donors (Lipinski definition) is 1. The van der Waals surface area contributed by atoms with Gasteiger partial charge in [0.2, 0.25) is 5.91 Å². The van der Waals surface area contributed by atoms with E-state index in [4.69, 9.17) is 9.47 Å². The van der Waals surface area contributed by atoms with Crippen LogP contribution in [0.15, 0.2) is 36.4 Å². The Morgan fingerprint density at radius 2 is 1.87 bits per heavy atom. The first-order valence-electron chi connectivity index (χ1n) is 11.0. The number of aryl methyl sites for hydroxylation is 2. The number of likely N-dealkylation sites (tertiary alicyclic amines) is 1. The molecule has 2 aromatic carbocycles. The smallest absolute Gasteiger partial charge is 0.234 e. The van der Waals surface area contributed by atoms with Crippen LogP contribution in [-0.4, -0.2) is 37.1 Å². The van der Waals surface area contributed by atoms with Gasteiger partial charge in [-0.3, -0.25) is 9.69 Å². The van der Waals surface area contributed by atoms with Crippen LogP contribution in [0.3, 0.4) is 0 Å². The summed E-state index contributed by atoms with van der Waals surface area (Å²) in [5.41, 5.74) is 4.87. The fourth-order valence-electron chi connectivity index (χ4n) is 4.37. The summed E-state index contributed by atoms with van der Waals surface area (Å²) in [5.74, 6) is 1.72. The summed E-state index contributed by atoms with van der Waals surface area (Å²) in [7, 11) is 0. The summed E-state index contributed by atoms with van der Waals surface area (Å²) >= 11 is 0. The molecule has 2 atom stereocenters. The van der Waals surface area contributed by atoms with E-state index in [2.05, 4.69) is 54.4 Å². The van der Waals surface area contributed by atoms with Crippen molar-refractivity contribution in [1.29, 1.82) is 0 Å². The van der Waals surface area contributed by atoms with Gasteiger partial charge in [-0.05, 0) is 74.5 Å². The lowest BCUT2D eigenvalue weighted by Crippen LogP contribution is -2.38. The Morgan fingerprint density at radius 1 is 1.07 bits per heavy atom. The Bertz CT molecular complexity index is 911. The molecule has 0 radical (unpaired) electrons. The molecule has 2 aromatic rings. The SMILES string of the molecule is Cc1ccc([C@H](C)NC(=O)CN2CCC[C@@H]2c2ccc3c(c2)OCCCO3)cc1C. The van der Waals surface area contributed by atoms with Gasteiger partial charge < -0.3 is 14.8 Å². The average molecular weight is 409 g/mol. The van der Waals surface area contributed by atoms with Crippen LogP contribution in [0.5, 0.6) is 11.5 Å². The van der Waals surface area contributed by atoms with Gasteiger partial charge in [0, 0.05) is 12.5 Å². The molecule has 0 aliphatic carbocycles. The molecule has 0 unspecified atom stereocenters. The van der Waals surface area contributed by atoms with E-state index in [1.54, 1.807) is 0 Å². The minimum Gasteiger partial charge on any atom is -0.490 e. The van der Waals surface area contributed by atoms with Crippen molar-refractivity contribution < 1.29 is 14.3 Å². The van der Waals surface area contributed by atoms with Gasteiger partial charge in [-0.15, -0.1) is 0 Å². The molecule has 0 saturated carbocycles. The Kier molecular flexibility index (Phi) is 6.28. The minimum atomic E-state index is -0.00380. The van der Waals surface area contributed by atoms with Gasteiger partial charge in [-0.25, -0.2) is 0 Å². The van der Waals surface area contributed by atoms with Crippen molar-refractivity contribution in [3.8, 4) is 11.5 Å². The molecular formula is C25H32N2O3. The zero-order valence-electron chi connectivity index (χ0n) is 18.2. The van der Waals surface area contributed by atoms with E-state index >= 15 is 0 Å². The molecule has 4 rings (SSSR count). The standard InChI is InChI=1S/C25H32N2O3/c1-17-7-8-20(14-18(17)2)19(3)26-25(28)16-27-11-4-6-22(27)21-9-10-23-24(15-21)30-13-5-12-29-23/h7-10,14-15,19,22H,4-6,11-13,16H2,1-3H3,(H,26,28)/t19-,22+/m0/s1. The first-order valence-corrected chi connectivity index (χ1v) is 11.0. The highest BCUT2D eigenvalue weighted by Gasteiger charge is 2.29. The van der Waals surface area contributed by atoms with Gasteiger partial charge >= 0.3 is 0 Å². The number of fused-ring (bicyclic) bond motifs is 1. The molecule has 5 nitrogen and oxygen atoms in total. The van der Waals surface area contributed by atoms with Crippen LogP contribution < -0.4 is 14.8 Å². The molecule has 1 saturated heterocycles. The first-order chi connectivity index (χ1) is 14.5. The second-order valence-corrected chi connectivity index (χ2v) is 8.52. The van der Waals surface area contributed by atoms with Crippen molar-refractivity contribution in [2.75, 3.05) is 26.3 Å². The van der Waals surface area contributed by atoms with E-state index in [1.165, 1.54) is 16.7 Å². The van der Waals surface area contributed by atoms with Crippen LogP contribution in [0.2, 0.25) is 0 Å². The zero-order chi connectivity index (χ0) is 21.1. The molecular weight excluding hydrogens is 376 g/mol. The fraction of sp³-hybridized carbons (Fsp3) is 0.480. The number of carbonyl (C=O) groups excluding carboxylic acids is 1. The molecule has 2 heterocycles. The third-order valence-corrected chi connectivity index (χ3v) is 6.28. The summed E-state index contributed by atoms with van der Waals surface area (Å²) in [6, 6.07) is 12.8. The highest BCUT2D eigenvalue weighted by molar-refractivity contribution is 5.78. The summed E-state index contributed by atoms with van der Waals surface area (Å²) in [6.45, 7) is 8.99. The summed E-state index contributed by atoms with van der Waals surface area (Å²) in [4.78, 5) is 15.1. The van der Waals surface area contributed by atoms with Crippen LogP contribution in [0, 0.1) is 13.8 Å². The molecule has 1 fully saturated rings. The van der Waals surface area contributed by atoms with E-state index in [1.807, 2.05) is 13.0 Å². The second-order valence-electron chi connectivity index (χ2n) is 8.52. The van der Waals surface area contributed by atoms with Gasteiger partial charge in [0.25, 0.3) is 0 Å². The largest absolute Gasteiger partial charge is 0.490 e. The Hall–Kier alpha value is -2.53. The van der Waals surface area contributed by atoms with Crippen LogP contribution >= 0.6 is 0 Å². The third-order valence-electron chi connectivity index (χ3n) is 6.28. The lowest BCUT2D eigenvalue weighted by molar-refractivity contribution is -0.123. The maximum Gasteiger partial charge on any atom is 0.234 e. The second kappa shape index (κ2) is 9.09. The Balaban J connectivity index is 1.40. The number of amides is 1. The summed E-state index contributed by atoms with van der Waals surface area (Å²) in [5, 5.41) is 3.17. The first kappa shape index (κ1) is 20.7. The van der Waals surface area contributed by atoms with Crippen molar-refractivity contribution in [1.82, 2.24) is 10.2 Å². The zero-order valence-corrected chi connectivity index (χ0v) is 18.2. The van der Waals surface area contributed by atoms with Gasteiger partial charge in [-0.2, -0.15) is 0 Å². The molecule has 0 spiro atoms. The van der Waals surface area contributed by atoms with Gasteiger partial charge in [0.15, 0.2) is 11.5 Å². The topological polar surface area (TPSA) is 50.8 Å². The highest BCUT2D eigenvalue weighted by atomic mass is 16.5. The molecule has 0 bridgehead atoms. The van der Waals surface area contributed by atoms with Crippen LogP contribution in [0.25, 0.3) is 0 Å². The lowest BCUT2D eigenvalue weighted by Gasteiger charge is -2.26. The highest BCUT2D eigenvalue weighted by Crippen LogP contribution is 2.37. The lowest BCUT2D eigenvalue weighted by atomic mass is 10.0. The molecule has 1 amide bonds. The maximum absolute atomic E-state index is 12.8. The molecule has 1 N–H and O–H groups in total. The predicted molar refractivity (Wildman–Crippen MR) is 118 cm³/mol. The fourth-order valence-corrected chi connectivity index (χ4v) is 4.37. The number of carbonyl (C=O) groups is 1. The molecule has 2 aliphatic rings. The van der Waals surface area contributed by atoms with E-state index in [0.29, 0.717) is 19.8 Å². The van der Waals surface area contributed by atoms with Crippen LogP contribution in [0.4, 0.5) is 0 Å². The van der Waals surface area contributed by atoms with E-state index in [9.17, 15) is 4.79 Å². The predicted octanol–water partition coefficient (Wildman–Crippen LogP) is 4.48. The monoisotopic (exact) mass is 408 g/mol. The van der Waals surface area contributed by atoms with E-state index < -0.39 is 0 Å². The van der Waals surface area contributed by atoms with Gasteiger partial charge in [0.05, 0.1) is 25.8 Å². The molecule has 160 valence electrons. The van der Waals surface area contributed by atoms with Crippen molar-refractivity contribution in [3.05, 3.63) is 58.7 Å². The van der Waals surface area contributed by atoms with Gasteiger partial charge in [0.1, 0.15) is 0 Å². The Morgan fingerprint density at radius 3 is 2.67 bits per heavy atom. The van der Waals surface area contributed by atoms with Gasteiger partial charge in [-0.1, -0.05) is 24.3 Å². The molecule has 2 aliphatic heterocycles. The Labute approximate surface area is 179 Å². The number of hydrogen-bond acceptors (Lipinski definition) is 4. The molecule has 30 heavy (non-hydrogen) atoms. The minimum absolute atomic E-state index is 0.00380. The van der Waals surface area contributed by atoms with Crippen molar-refractivity contribution in [3.63, 3.8) is 0 Å². The van der Waals surface area contributed by atoms with Crippen molar-refractivity contribution in [2.45, 2.75) is 52.1 Å². The van der Waals surface area contributed by atoms with E-state index in [-0.39, 0.29) is 18.0 Å². The van der Waals surface area contributed by atoms with Crippen LogP contribution in [-0.2, 0) is 4.79 Å². The van der Waals surface area contributed by atoms with Crippen molar-refractivity contribution >= 4 is 5.91 Å². The number of benzene rings is 2. The molecule has 0 aromatic heterocycles. The van der Waals surface area contributed by atoms with E-state index in [0.717, 1.165) is 42.9 Å². The van der Waals surface area contributed by atoms with Crippen molar-refractivity contribution in [2.24, 2.45) is 0 Å². The average Bonchev–Trinajstić information content (AvgIpc) is 3.05. The maximum atomic E-state index is 12.8. The summed E-state index contributed by atoms with van der Waals surface area (Å²) in [6.07, 6.45) is 3.05. The number of nitrogens with one attached hydrogen (secondary N) is 1. The summed E-state index contributed by atoms with van der Waals surface area (Å²) < 4.78 is 11.6. The van der Waals surface area contributed by atoms with Crippen LogP contribution in [0.1, 0.15) is 60.5 Å². The number of rotatable bonds is 5. The quantitative estimate of drug-likeness (QED) is 0.793. The normalized spacial score (nSPS) is 19.9. The number of nitrogens with zero attached hydrogens (tertiary/aromatic N) is 1.